The summed E-state index contributed by atoms with van der Waals surface area (Å²) in [5.74, 6) is 1.82. The van der Waals surface area contributed by atoms with Crippen LogP contribution in [0.25, 0.3) is 0 Å². The van der Waals surface area contributed by atoms with Crippen molar-refractivity contribution in [2.45, 2.75) is 96.6 Å². The highest BCUT2D eigenvalue weighted by Gasteiger charge is 2.60. The number of allylic oxidation sites excluding steroid dienone is 1. The van der Waals surface area contributed by atoms with Gasteiger partial charge in [0.15, 0.2) is 0 Å². The molecule has 1 aromatic carbocycles. The minimum atomic E-state index is -1.18. The Labute approximate surface area is 198 Å². The summed E-state index contributed by atoms with van der Waals surface area (Å²) in [6.07, 6.45) is 7.21. The van der Waals surface area contributed by atoms with E-state index >= 15 is 0 Å². The standard InChI is InChI=1S/C29H42O4/c1-17-4-6-18(7-5-17)25(31)27(33)26(32)24-11-10-22-21-9-8-19-16-20(30)12-14-28(19,2)23(21)13-15-29(22,24)3/h4-8,20-27,30-33H,9-16H2,1-3H3/t20-,21-,22-,23-,24+,25-,26-,27-,28-,29-/m0/s1. The minimum absolute atomic E-state index is 0.00455. The van der Waals surface area contributed by atoms with Gasteiger partial charge in [-0.3, -0.25) is 0 Å². The largest absolute Gasteiger partial charge is 0.393 e. The molecule has 0 spiro atoms. The third kappa shape index (κ3) is 3.73. The summed E-state index contributed by atoms with van der Waals surface area (Å²) in [4.78, 5) is 0. The van der Waals surface area contributed by atoms with Crippen molar-refractivity contribution in [2.24, 2.45) is 34.5 Å². The monoisotopic (exact) mass is 454 g/mol. The second kappa shape index (κ2) is 8.48. The lowest BCUT2D eigenvalue weighted by Crippen LogP contribution is -2.52. The first-order chi connectivity index (χ1) is 15.6. The smallest absolute Gasteiger partial charge is 0.110 e. The van der Waals surface area contributed by atoms with Crippen LogP contribution in [0.3, 0.4) is 0 Å². The molecule has 33 heavy (non-hydrogen) atoms. The molecule has 0 saturated heterocycles. The lowest BCUT2D eigenvalue weighted by Gasteiger charge is -2.58. The Morgan fingerprint density at radius 2 is 1.64 bits per heavy atom. The Bertz CT molecular complexity index is 893. The first-order valence-corrected chi connectivity index (χ1v) is 13.1. The van der Waals surface area contributed by atoms with Crippen LogP contribution in [0.4, 0.5) is 0 Å². The molecule has 0 heterocycles. The lowest BCUT2D eigenvalue weighted by molar-refractivity contribution is -0.122. The van der Waals surface area contributed by atoms with Crippen LogP contribution >= 0.6 is 0 Å². The van der Waals surface area contributed by atoms with Crippen LogP contribution < -0.4 is 0 Å². The van der Waals surface area contributed by atoms with Crippen LogP contribution in [-0.2, 0) is 0 Å². The molecule has 0 radical (unpaired) electrons. The Morgan fingerprint density at radius 3 is 2.36 bits per heavy atom. The maximum absolute atomic E-state index is 11.3. The summed E-state index contributed by atoms with van der Waals surface area (Å²) < 4.78 is 0. The van der Waals surface area contributed by atoms with E-state index in [4.69, 9.17) is 0 Å². The van der Waals surface area contributed by atoms with Gasteiger partial charge in [0.25, 0.3) is 0 Å². The maximum Gasteiger partial charge on any atom is 0.110 e. The first-order valence-electron chi connectivity index (χ1n) is 13.1. The van der Waals surface area contributed by atoms with Crippen molar-refractivity contribution < 1.29 is 20.4 Å². The number of benzene rings is 1. The van der Waals surface area contributed by atoms with Crippen molar-refractivity contribution in [1.29, 1.82) is 0 Å². The fourth-order valence-corrected chi connectivity index (χ4v) is 8.63. The molecule has 0 amide bonds. The maximum atomic E-state index is 11.3. The topological polar surface area (TPSA) is 80.9 Å². The quantitative estimate of drug-likeness (QED) is 0.498. The van der Waals surface area contributed by atoms with Crippen LogP contribution in [0, 0.1) is 41.4 Å². The normalized spacial score (nSPS) is 43.0. The van der Waals surface area contributed by atoms with Crippen LogP contribution in [-0.4, -0.2) is 38.7 Å². The molecule has 5 rings (SSSR count). The molecular formula is C29H42O4. The molecule has 3 fully saturated rings. The van der Waals surface area contributed by atoms with Gasteiger partial charge in [0.1, 0.15) is 12.2 Å². The summed E-state index contributed by atoms with van der Waals surface area (Å²) in [5.41, 5.74) is 3.45. The van der Waals surface area contributed by atoms with Crippen molar-refractivity contribution in [1.82, 2.24) is 0 Å². The molecule has 0 unspecified atom stereocenters. The molecule has 0 aliphatic heterocycles. The summed E-state index contributed by atoms with van der Waals surface area (Å²) in [6.45, 7) is 6.77. The Morgan fingerprint density at radius 1 is 0.909 bits per heavy atom. The van der Waals surface area contributed by atoms with Crippen LogP contribution in [0.5, 0.6) is 0 Å². The highest BCUT2D eigenvalue weighted by Crippen LogP contribution is 2.66. The fourth-order valence-electron chi connectivity index (χ4n) is 8.63. The molecule has 3 saturated carbocycles. The van der Waals surface area contributed by atoms with Gasteiger partial charge in [-0.1, -0.05) is 55.3 Å². The van der Waals surface area contributed by atoms with Crippen LogP contribution in [0.15, 0.2) is 35.9 Å². The van der Waals surface area contributed by atoms with E-state index in [1.165, 1.54) is 5.57 Å². The predicted molar refractivity (Wildman–Crippen MR) is 129 cm³/mol. The highest BCUT2D eigenvalue weighted by molar-refractivity contribution is 5.26. The van der Waals surface area contributed by atoms with Crippen molar-refractivity contribution in [3.05, 3.63) is 47.0 Å². The number of hydrogen-bond donors (Lipinski definition) is 4. The van der Waals surface area contributed by atoms with E-state index in [-0.39, 0.29) is 22.9 Å². The molecular weight excluding hydrogens is 412 g/mol. The molecule has 4 heteroatoms. The van der Waals surface area contributed by atoms with Crippen molar-refractivity contribution >= 4 is 0 Å². The molecule has 182 valence electrons. The van der Waals surface area contributed by atoms with Crippen LogP contribution in [0.2, 0.25) is 0 Å². The van der Waals surface area contributed by atoms with Gasteiger partial charge >= 0.3 is 0 Å². The van der Waals surface area contributed by atoms with E-state index in [0.29, 0.717) is 23.3 Å². The van der Waals surface area contributed by atoms with Gasteiger partial charge in [-0.05, 0) is 98.4 Å². The fraction of sp³-hybridized carbons (Fsp3) is 0.724. The molecule has 0 bridgehead atoms. The summed E-state index contributed by atoms with van der Waals surface area (Å²) in [7, 11) is 0. The van der Waals surface area contributed by atoms with E-state index in [2.05, 4.69) is 19.9 Å². The summed E-state index contributed by atoms with van der Waals surface area (Å²) in [5, 5.41) is 43.4. The van der Waals surface area contributed by atoms with Gasteiger partial charge in [-0.25, -0.2) is 0 Å². The average molecular weight is 455 g/mol. The van der Waals surface area contributed by atoms with E-state index in [9.17, 15) is 20.4 Å². The zero-order valence-corrected chi connectivity index (χ0v) is 20.5. The van der Waals surface area contributed by atoms with Crippen LogP contribution in [0.1, 0.15) is 82.4 Å². The molecule has 4 nitrogen and oxygen atoms in total. The average Bonchev–Trinajstić information content (AvgIpc) is 3.15. The molecule has 10 atom stereocenters. The van der Waals surface area contributed by atoms with Crippen molar-refractivity contribution in [2.75, 3.05) is 0 Å². The van der Waals surface area contributed by atoms with E-state index in [1.807, 2.05) is 31.2 Å². The van der Waals surface area contributed by atoms with Gasteiger partial charge in [0, 0.05) is 0 Å². The molecule has 4 N–H and O–H groups in total. The third-order valence-corrected chi connectivity index (χ3v) is 10.7. The first kappa shape index (κ1) is 23.5. The lowest BCUT2D eigenvalue weighted by atomic mass is 9.47. The third-order valence-electron chi connectivity index (χ3n) is 10.7. The van der Waals surface area contributed by atoms with Gasteiger partial charge < -0.3 is 20.4 Å². The van der Waals surface area contributed by atoms with Crippen molar-refractivity contribution in [3.8, 4) is 0 Å². The Kier molecular flexibility index (Phi) is 6.05. The SMILES string of the molecule is Cc1ccc([C@H](O)[C@H](O)[C@@H](O)[C@H]2CC[C@H]3[C@@H]4CC=C5C[C@@H](O)CC[C@]5(C)[C@H]4CC[C@]23C)cc1. The van der Waals surface area contributed by atoms with Gasteiger partial charge in [-0.2, -0.15) is 0 Å². The number of aliphatic hydroxyl groups excluding tert-OH is 4. The highest BCUT2D eigenvalue weighted by atomic mass is 16.4. The number of aliphatic hydroxyl groups is 4. The summed E-state index contributed by atoms with van der Waals surface area (Å²) >= 11 is 0. The number of hydrogen-bond acceptors (Lipinski definition) is 4. The molecule has 4 aliphatic rings. The Hall–Kier alpha value is -1.20. The Balaban J connectivity index is 1.35. The van der Waals surface area contributed by atoms with Gasteiger partial charge in [0.2, 0.25) is 0 Å². The molecule has 4 aliphatic carbocycles. The number of rotatable bonds is 4. The number of aryl methyl sites for hydroxylation is 1. The minimum Gasteiger partial charge on any atom is -0.393 e. The van der Waals surface area contributed by atoms with E-state index in [1.54, 1.807) is 0 Å². The van der Waals surface area contributed by atoms with E-state index < -0.39 is 18.3 Å². The molecule has 1 aromatic rings. The van der Waals surface area contributed by atoms with Gasteiger partial charge in [0.05, 0.1) is 12.2 Å². The van der Waals surface area contributed by atoms with E-state index in [0.717, 1.165) is 56.9 Å². The van der Waals surface area contributed by atoms with Gasteiger partial charge in [-0.15, -0.1) is 0 Å². The number of fused-ring (bicyclic) bond motifs is 5. The molecule has 0 aromatic heterocycles. The summed E-state index contributed by atoms with van der Waals surface area (Å²) in [6, 6.07) is 7.55. The predicted octanol–water partition coefficient (Wildman–Crippen LogP) is 4.69. The second-order valence-corrected chi connectivity index (χ2v) is 12.2. The zero-order chi connectivity index (χ0) is 23.5. The zero-order valence-electron chi connectivity index (χ0n) is 20.5. The van der Waals surface area contributed by atoms with Crippen molar-refractivity contribution in [3.63, 3.8) is 0 Å². The second-order valence-electron chi connectivity index (χ2n) is 12.2.